The summed E-state index contributed by atoms with van der Waals surface area (Å²) >= 11 is 0. The molecular weight excluding hydrogens is 278 g/mol. The molecule has 0 radical (unpaired) electrons. The second-order valence-electron chi connectivity index (χ2n) is 4.77. The number of carbonyl (C=O) groups is 2. The van der Waals surface area contributed by atoms with Crippen molar-refractivity contribution in [1.29, 1.82) is 0 Å². The molecule has 0 atom stereocenters. The zero-order chi connectivity index (χ0) is 13.5. The molecule has 1 heterocycles. The van der Waals surface area contributed by atoms with Gasteiger partial charge >= 0.3 is 0 Å². The molecule has 110 valence electrons. The van der Waals surface area contributed by atoms with Gasteiger partial charge in [-0.3, -0.25) is 9.59 Å². The van der Waals surface area contributed by atoms with Gasteiger partial charge in [0.05, 0.1) is 13.0 Å². The summed E-state index contributed by atoms with van der Waals surface area (Å²) in [5.41, 5.74) is 0.945. The predicted octanol–water partition coefficient (Wildman–Crippen LogP) is 0.103. The highest BCUT2D eigenvalue weighted by Gasteiger charge is 2.17. The molecule has 0 saturated carbocycles. The molecule has 1 fully saturated rings. The fourth-order valence-electron chi connectivity index (χ4n) is 1.84. The summed E-state index contributed by atoms with van der Waals surface area (Å²) in [6.45, 7) is 2.65. The third-order valence-corrected chi connectivity index (χ3v) is 3.11. The molecule has 0 bridgehead atoms. The summed E-state index contributed by atoms with van der Waals surface area (Å²) in [4.78, 5) is 23.1. The minimum atomic E-state index is -0.133. The summed E-state index contributed by atoms with van der Waals surface area (Å²) in [7, 11) is 0. The van der Waals surface area contributed by atoms with Gasteiger partial charge in [0.1, 0.15) is 0 Å². The number of hydrogen-bond acceptors (Lipinski definition) is 3. The smallest absolute Gasteiger partial charge is 0.239 e. The number of amides is 2. The standard InChI is InChI=1S/C14H19N3O2.ClH/c18-13(6-11-4-2-1-3-5-11)17-10-14(19)16-9-12-7-15-8-12;/h1-5,12,15H,6-10H2,(H,16,19)(H,17,18);1H. The molecule has 1 aromatic carbocycles. The summed E-state index contributed by atoms with van der Waals surface area (Å²) in [5.74, 6) is 0.268. The van der Waals surface area contributed by atoms with Crippen LogP contribution in [0.3, 0.4) is 0 Å². The van der Waals surface area contributed by atoms with Crippen LogP contribution >= 0.6 is 12.4 Å². The maximum Gasteiger partial charge on any atom is 0.239 e. The van der Waals surface area contributed by atoms with Gasteiger partial charge in [-0.1, -0.05) is 30.3 Å². The predicted molar refractivity (Wildman–Crippen MR) is 79.8 cm³/mol. The molecular formula is C14H20ClN3O2. The normalized spacial score (nSPS) is 13.8. The lowest BCUT2D eigenvalue weighted by Crippen LogP contribution is -2.49. The lowest BCUT2D eigenvalue weighted by molar-refractivity contribution is -0.125. The van der Waals surface area contributed by atoms with Crippen molar-refractivity contribution < 1.29 is 9.59 Å². The zero-order valence-electron chi connectivity index (χ0n) is 11.2. The Labute approximate surface area is 124 Å². The monoisotopic (exact) mass is 297 g/mol. The van der Waals surface area contributed by atoms with Crippen LogP contribution in [0.15, 0.2) is 30.3 Å². The second kappa shape index (κ2) is 8.55. The fraction of sp³-hybridized carbons (Fsp3) is 0.429. The number of nitrogens with one attached hydrogen (secondary N) is 3. The molecule has 0 aromatic heterocycles. The van der Waals surface area contributed by atoms with E-state index in [0.29, 0.717) is 18.9 Å². The SMILES string of the molecule is Cl.O=C(CNC(=O)Cc1ccccc1)NCC1CNC1. The highest BCUT2D eigenvalue weighted by Crippen LogP contribution is 2.00. The van der Waals surface area contributed by atoms with Gasteiger partial charge in [-0.25, -0.2) is 0 Å². The van der Waals surface area contributed by atoms with Crippen molar-refractivity contribution in [2.75, 3.05) is 26.2 Å². The molecule has 0 spiro atoms. The number of halogens is 1. The van der Waals surface area contributed by atoms with E-state index in [4.69, 9.17) is 0 Å². The Morgan fingerprint density at radius 3 is 2.40 bits per heavy atom. The van der Waals surface area contributed by atoms with Gasteiger partial charge in [-0.15, -0.1) is 12.4 Å². The quantitative estimate of drug-likeness (QED) is 0.698. The van der Waals surface area contributed by atoms with Gasteiger partial charge in [-0.05, 0) is 5.56 Å². The van der Waals surface area contributed by atoms with Crippen molar-refractivity contribution in [3.63, 3.8) is 0 Å². The minimum Gasteiger partial charge on any atom is -0.354 e. The van der Waals surface area contributed by atoms with Crippen LogP contribution in [0.25, 0.3) is 0 Å². The molecule has 3 N–H and O–H groups in total. The Balaban J connectivity index is 0.00000200. The molecule has 20 heavy (non-hydrogen) atoms. The van der Waals surface area contributed by atoms with Gasteiger partial charge < -0.3 is 16.0 Å². The summed E-state index contributed by atoms with van der Waals surface area (Å²) in [6, 6.07) is 9.47. The molecule has 0 unspecified atom stereocenters. The number of carbonyl (C=O) groups excluding carboxylic acids is 2. The average molecular weight is 298 g/mol. The van der Waals surface area contributed by atoms with E-state index in [9.17, 15) is 9.59 Å². The first kappa shape index (κ1) is 16.5. The average Bonchev–Trinajstić information content (AvgIpc) is 2.36. The lowest BCUT2D eigenvalue weighted by Gasteiger charge is -2.27. The Bertz CT molecular complexity index is 435. The first-order valence-corrected chi connectivity index (χ1v) is 6.52. The van der Waals surface area contributed by atoms with E-state index >= 15 is 0 Å². The van der Waals surface area contributed by atoms with Crippen molar-refractivity contribution in [3.8, 4) is 0 Å². The first-order valence-electron chi connectivity index (χ1n) is 6.52. The van der Waals surface area contributed by atoms with E-state index in [1.54, 1.807) is 0 Å². The van der Waals surface area contributed by atoms with E-state index in [2.05, 4.69) is 16.0 Å². The van der Waals surface area contributed by atoms with Gasteiger partial charge in [-0.2, -0.15) is 0 Å². The van der Waals surface area contributed by atoms with E-state index in [1.165, 1.54) is 0 Å². The van der Waals surface area contributed by atoms with Crippen LogP contribution in [-0.4, -0.2) is 38.0 Å². The Morgan fingerprint density at radius 2 is 1.80 bits per heavy atom. The van der Waals surface area contributed by atoms with E-state index < -0.39 is 0 Å². The maximum atomic E-state index is 11.6. The van der Waals surface area contributed by atoms with E-state index in [1.807, 2.05) is 30.3 Å². The molecule has 6 heteroatoms. The molecule has 1 aliphatic heterocycles. The highest BCUT2D eigenvalue weighted by atomic mass is 35.5. The second-order valence-corrected chi connectivity index (χ2v) is 4.77. The molecule has 0 aliphatic carbocycles. The van der Waals surface area contributed by atoms with Crippen molar-refractivity contribution in [2.24, 2.45) is 5.92 Å². The number of benzene rings is 1. The maximum absolute atomic E-state index is 11.6. The summed E-state index contributed by atoms with van der Waals surface area (Å²) < 4.78 is 0. The van der Waals surface area contributed by atoms with Crippen molar-refractivity contribution in [3.05, 3.63) is 35.9 Å². The van der Waals surface area contributed by atoms with Crippen LogP contribution in [0.4, 0.5) is 0 Å². The zero-order valence-corrected chi connectivity index (χ0v) is 12.0. The van der Waals surface area contributed by atoms with Gasteiger partial charge in [0, 0.05) is 25.6 Å². The minimum absolute atomic E-state index is 0. The molecule has 5 nitrogen and oxygen atoms in total. The Kier molecular flexibility index (Phi) is 7.04. The van der Waals surface area contributed by atoms with Gasteiger partial charge in [0.15, 0.2) is 0 Å². The summed E-state index contributed by atoms with van der Waals surface area (Å²) in [6.07, 6.45) is 0.306. The molecule has 2 amide bonds. The molecule has 1 aliphatic rings. The Morgan fingerprint density at radius 1 is 1.10 bits per heavy atom. The van der Waals surface area contributed by atoms with Gasteiger partial charge in [0.25, 0.3) is 0 Å². The van der Waals surface area contributed by atoms with Crippen LogP contribution in [-0.2, 0) is 16.0 Å². The van der Waals surface area contributed by atoms with Gasteiger partial charge in [0.2, 0.25) is 11.8 Å². The van der Waals surface area contributed by atoms with Crippen LogP contribution in [0.5, 0.6) is 0 Å². The van der Waals surface area contributed by atoms with Crippen molar-refractivity contribution in [2.45, 2.75) is 6.42 Å². The first-order chi connectivity index (χ1) is 9.24. The van der Waals surface area contributed by atoms with Crippen molar-refractivity contribution >= 4 is 24.2 Å². The number of rotatable bonds is 6. The molecule has 2 rings (SSSR count). The van der Waals surface area contributed by atoms with Crippen molar-refractivity contribution in [1.82, 2.24) is 16.0 Å². The highest BCUT2D eigenvalue weighted by molar-refractivity contribution is 5.86. The topological polar surface area (TPSA) is 70.2 Å². The third-order valence-electron chi connectivity index (χ3n) is 3.11. The lowest BCUT2D eigenvalue weighted by atomic mass is 10.0. The Hall–Kier alpha value is -1.59. The van der Waals surface area contributed by atoms with Crippen LogP contribution < -0.4 is 16.0 Å². The third kappa shape index (κ3) is 5.59. The molecule has 1 saturated heterocycles. The van der Waals surface area contributed by atoms with Crippen LogP contribution in [0.2, 0.25) is 0 Å². The van der Waals surface area contributed by atoms with E-state index in [0.717, 1.165) is 18.7 Å². The number of hydrogen-bond donors (Lipinski definition) is 3. The largest absolute Gasteiger partial charge is 0.354 e. The van der Waals surface area contributed by atoms with E-state index in [-0.39, 0.29) is 30.8 Å². The van der Waals surface area contributed by atoms with Crippen LogP contribution in [0, 0.1) is 5.92 Å². The van der Waals surface area contributed by atoms with Crippen LogP contribution in [0.1, 0.15) is 5.56 Å². The molecule has 1 aromatic rings. The fourth-order valence-corrected chi connectivity index (χ4v) is 1.84. The summed E-state index contributed by atoms with van der Waals surface area (Å²) in [5, 5.41) is 8.58.